The summed E-state index contributed by atoms with van der Waals surface area (Å²) in [5.74, 6) is -0.881. The maximum Gasteiger partial charge on any atom is 0.307 e. The van der Waals surface area contributed by atoms with Gasteiger partial charge in [0.15, 0.2) is 0 Å². The second-order valence-electron chi connectivity index (χ2n) is 3.24. The van der Waals surface area contributed by atoms with Gasteiger partial charge in [-0.1, -0.05) is 15.9 Å². The third-order valence-electron chi connectivity index (χ3n) is 2.24. The average Bonchev–Trinajstić information content (AvgIpc) is 2.20. The lowest BCUT2D eigenvalue weighted by Gasteiger charge is -2.08. The number of hydrogen-bond donors (Lipinski definition) is 1. The predicted octanol–water partition coefficient (Wildman–Crippen LogP) is 2.39. The summed E-state index contributed by atoms with van der Waals surface area (Å²) in [6.07, 6.45) is -0.0403. The van der Waals surface area contributed by atoms with E-state index in [4.69, 9.17) is 10.4 Å². The van der Waals surface area contributed by atoms with E-state index in [-0.39, 0.29) is 6.42 Å². The summed E-state index contributed by atoms with van der Waals surface area (Å²) in [6.45, 7) is 1.87. The van der Waals surface area contributed by atoms with Crippen molar-refractivity contribution in [1.82, 2.24) is 0 Å². The van der Waals surface area contributed by atoms with Crippen LogP contribution in [0.2, 0.25) is 0 Å². The van der Waals surface area contributed by atoms with E-state index in [1.807, 2.05) is 13.0 Å². The van der Waals surface area contributed by atoms with Crippen LogP contribution in [0.5, 0.6) is 0 Å². The Morgan fingerprint density at radius 2 is 2.13 bits per heavy atom. The Labute approximate surface area is 96.5 Å². The Hall–Kier alpha value is -1.34. The highest BCUT2D eigenvalue weighted by atomic mass is 79.9. The first-order valence-corrected chi connectivity index (χ1v) is 5.51. The number of aliphatic carboxylic acids is 1. The van der Waals surface area contributed by atoms with E-state index in [0.717, 1.165) is 11.1 Å². The zero-order valence-electron chi connectivity index (χ0n) is 8.25. The highest BCUT2D eigenvalue weighted by molar-refractivity contribution is 9.08. The van der Waals surface area contributed by atoms with Crippen molar-refractivity contribution in [1.29, 1.82) is 5.26 Å². The topological polar surface area (TPSA) is 61.1 Å². The molecule has 0 atom stereocenters. The first-order chi connectivity index (χ1) is 7.08. The maximum absolute atomic E-state index is 10.6. The third kappa shape index (κ3) is 2.80. The molecule has 0 spiro atoms. The molecule has 0 unspecified atom stereocenters. The smallest absolute Gasteiger partial charge is 0.307 e. The molecule has 1 N–H and O–H groups in total. The van der Waals surface area contributed by atoms with Gasteiger partial charge in [-0.25, -0.2) is 0 Å². The van der Waals surface area contributed by atoms with Gasteiger partial charge < -0.3 is 5.11 Å². The van der Waals surface area contributed by atoms with Gasteiger partial charge in [-0.3, -0.25) is 4.79 Å². The van der Waals surface area contributed by atoms with Crippen LogP contribution in [0.3, 0.4) is 0 Å². The number of carboxylic acid groups (broad SMARTS) is 1. The Morgan fingerprint density at radius 1 is 1.53 bits per heavy atom. The Balaban J connectivity index is 3.25. The largest absolute Gasteiger partial charge is 0.481 e. The van der Waals surface area contributed by atoms with Crippen LogP contribution in [0.25, 0.3) is 0 Å². The molecule has 3 nitrogen and oxygen atoms in total. The summed E-state index contributed by atoms with van der Waals surface area (Å²) in [7, 11) is 0. The minimum Gasteiger partial charge on any atom is -0.481 e. The Kier molecular flexibility index (Phi) is 3.87. The van der Waals surface area contributed by atoms with Crippen LogP contribution < -0.4 is 0 Å². The molecule has 0 amide bonds. The molecular weight excluding hydrogens is 258 g/mol. The summed E-state index contributed by atoms with van der Waals surface area (Å²) >= 11 is 3.32. The Morgan fingerprint density at radius 3 is 2.60 bits per heavy atom. The fraction of sp³-hybridized carbons (Fsp3) is 0.273. The van der Waals surface area contributed by atoms with Gasteiger partial charge in [-0.2, -0.15) is 5.26 Å². The van der Waals surface area contributed by atoms with E-state index >= 15 is 0 Å². The van der Waals surface area contributed by atoms with Crippen LogP contribution in [-0.4, -0.2) is 11.1 Å². The molecule has 0 heterocycles. The first-order valence-electron chi connectivity index (χ1n) is 4.38. The fourth-order valence-corrected chi connectivity index (χ4v) is 1.97. The highest BCUT2D eigenvalue weighted by Gasteiger charge is 2.09. The van der Waals surface area contributed by atoms with Crippen LogP contribution in [0.1, 0.15) is 22.3 Å². The first kappa shape index (κ1) is 11.7. The average molecular weight is 268 g/mol. The molecule has 15 heavy (non-hydrogen) atoms. The molecule has 0 aromatic heterocycles. The van der Waals surface area contributed by atoms with Crippen molar-refractivity contribution in [2.45, 2.75) is 18.7 Å². The number of carboxylic acids is 1. The van der Waals surface area contributed by atoms with Crippen LogP contribution >= 0.6 is 15.9 Å². The van der Waals surface area contributed by atoms with Crippen molar-refractivity contribution in [2.24, 2.45) is 0 Å². The molecule has 0 aliphatic carbocycles. The summed E-state index contributed by atoms with van der Waals surface area (Å²) in [6, 6.07) is 5.44. The van der Waals surface area contributed by atoms with Crippen LogP contribution in [-0.2, 0) is 16.5 Å². The van der Waals surface area contributed by atoms with Gasteiger partial charge in [0.25, 0.3) is 0 Å². The van der Waals surface area contributed by atoms with Crippen molar-refractivity contribution in [3.8, 4) is 6.07 Å². The third-order valence-corrected chi connectivity index (χ3v) is 2.84. The lowest BCUT2D eigenvalue weighted by molar-refractivity contribution is -0.136. The molecule has 0 saturated carbocycles. The molecule has 0 bridgehead atoms. The van der Waals surface area contributed by atoms with E-state index in [0.29, 0.717) is 16.5 Å². The fourth-order valence-electron chi connectivity index (χ4n) is 1.39. The molecule has 1 rings (SSSR count). The van der Waals surface area contributed by atoms with E-state index in [9.17, 15) is 4.79 Å². The maximum atomic E-state index is 10.6. The van der Waals surface area contributed by atoms with E-state index in [2.05, 4.69) is 15.9 Å². The second-order valence-corrected chi connectivity index (χ2v) is 3.80. The summed E-state index contributed by atoms with van der Waals surface area (Å²) in [5, 5.41) is 18.1. The van der Waals surface area contributed by atoms with Gasteiger partial charge in [0.05, 0.1) is 18.1 Å². The monoisotopic (exact) mass is 267 g/mol. The number of nitrogens with zero attached hydrogens (tertiary/aromatic N) is 1. The number of carbonyl (C=O) groups is 1. The molecule has 0 fully saturated rings. The normalized spacial score (nSPS) is 9.67. The molecule has 78 valence electrons. The van der Waals surface area contributed by atoms with Gasteiger partial charge >= 0.3 is 5.97 Å². The number of halogens is 1. The molecule has 1 aromatic carbocycles. The standard InChI is InChI=1S/C11H10BrNO2/c1-7-9(4-11(14)15)2-8(6-13)3-10(7)5-12/h2-3H,4-5H2,1H3,(H,14,15). The minimum atomic E-state index is -0.881. The second kappa shape index (κ2) is 4.94. The van der Waals surface area contributed by atoms with Crippen molar-refractivity contribution in [3.63, 3.8) is 0 Å². The molecule has 4 heteroatoms. The van der Waals surface area contributed by atoms with Crippen LogP contribution in [0, 0.1) is 18.3 Å². The van der Waals surface area contributed by atoms with Crippen molar-refractivity contribution in [2.75, 3.05) is 0 Å². The lowest BCUT2D eigenvalue weighted by Crippen LogP contribution is -2.04. The van der Waals surface area contributed by atoms with Crippen molar-refractivity contribution < 1.29 is 9.90 Å². The van der Waals surface area contributed by atoms with Crippen LogP contribution in [0.4, 0.5) is 0 Å². The molecule has 0 saturated heterocycles. The minimum absolute atomic E-state index is 0.0403. The SMILES string of the molecule is Cc1c(CBr)cc(C#N)cc1CC(=O)O. The van der Waals surface area contributed by atoms with Gasteiger partial charge in [0, 0.05) is 5.33 Å². The number of alkyl halides is 1. The van der Waals surface area contributed by atoms with Gasteiger partial charge in [-0.15, -0.1) is 0 Å². The van der Waals surface area contributed by atoms with Crippen molar-refractivity contribution in [3.05, 3.63) is 34.4 Å². The highest BCUT2D eigenvalue weighted by Crippen LogP contribution is 2.19. The summed E-state index contributed by atoms with van der Waals surface area (Å²) in [5.41, 5.74) is 3.11. The predicted molar refractivity (Wildman–Crippen MR) is 59.9 cm³/mol. The number of hydrogen-bond acceptors (Lipinski definition) is 2. The quantitative estimate of drug-likeness (QED) is 0.856. The van der Waals surface area contributed by atoms with Gasteiger partial charge in [0.2, 0.25) is 0 Å². The molecular formula is C11H10BrNO2. The van der Waals surface area contributed by atoms with Crippen molar-refractivity contribution >= 4 is 21.9 Å². The number of rotatable bonds is 3. The Bertz CT molecular complexity index is 435. The van der Waals surface area contributed by atoms with E-state index in [1.165, 1.54) is 0 Å². The molecule has 0 radical (unpaired) electrons. The zero-order chi connectivity index (χ0) is 11.4. The lowest BCUT2D eigenvalue weighted by atomic mass is 9.98. The zero-order valence-corrected chi connectivity index (χ0v) is 9.84. The molecule has 1 aromatic rings. The number of benzene rings is 1. The van der Waals surface area contributed by atoms with Gasteiger partial charge in [0.1, 0.15) is 0 Å². The van der Waals surface area contributed by atoms with E-state index < -0.39 is 5.97 Å². The molecule has 0 aliphatic rings. The summed E-state index contributed by atoms with van der Waals surface area (Å²) < 4.78 is 0. The van der Waals surface area contributed by atoms with Crippen LogP contribution in [0.15, 0.2) is 12.1 Å². The van der Waals surface area contributed by atoms with Gasteiger partial charge in [-0.05, 0) is 35.7 Å². The molecule has 0 aliphatic heterocycles. The number of nitriles is 1. The van der Waals surface area contributed by atoms with E-state index in [1.54, 1.807) is 12.1 Å². The summed E-state index contributed by atoms with van der Waals surface area (Å²) in [4.78, 5) is 10.6.